The zero-order valence-electron chi connectivity index (χ0n) is 20.6. The Bertz CT molecular complexity index is 1170. The number of unbranched alkanes of at least 4 members (excludes halogenated alkanes) is 1. The summed E-state index contributed by atoms with van der Waals surface area (Å²) >= 11 is 0. The van der Waals surface area contributed by atoms with Gasteiger partial charge in [-0.05, 0) is 31.4 Å². The molecule has 7 nitrogen and oxygen atoms in total. The molecule has 1 aliphatic heterocycles. The molecule has 1 aromatic heterocycles. The minimum atomic E-state index is -0.397. The van der Waals surface area contributed by atoms with Crippen molar-refractivity contribution in [3.05, 3.63) is 99.5 Å². The lowest BCUT2D eigenvalue weighted by Crippen LogP contribution is -2.58. The van der Waals surface area contributed by atoms with Crippen molar-refractivity contribution >= 4 is 5.91 Å². The fourth-order valence-electron chi connectivity index (χ4n) is 4.51. The first-order valence-electron chi connectivity index (χ1n) is 12.2. The monoisotopic (exact) mass is 475 g/mol. The summed E-state index contributed by atoms with van der Waals surface area (Å²) in [6, 6.07) is 21.1. The van der Waals surface area contributed by atoms with Crippen LogP contribution >= 0.6 is 0 Å². The van der Waals surface area contributed by atoms with Crippen LogP contribution in [0, 0.1) is 0 Å². The van der Waals surface area contributed by atoms with Gasteiger partial charge in [0.15, 0.2) is 11.4 Å². The molecule has 0 atom stereocenters. The maximum absolute atomic E-state index is 13.8. The summed E-state index contributed by atoms with van der Waals surface area (Å²) < 4.78 is 7.63. The Labute approximate surface area is 206 Å². The van der Waals surface area contributed by atoms with Gasteiger partial charge in [-0.25, -0.2) is 4.68 Å². The Hall–Kier alpha value is -3.58. The van der Waals surface area contributed by atoms with Crippen LogP contribution in [0.2, 0.25) is 0 Å². The molecule has 35 heavy (non-hydrogen) atoms. The topological polar surface area (TPSA) is 75.0 Å². The summed E-state index contributed by atoms with van der Waals surface area (Å²) in [6.45, 7) is 6.18. The standard InChI is InChI=1S/C28H33N3O4/c1-4-5-16-35-27-24(33)17-23(18-32)31-26(27)28(34)29(20(2)3)19-30(31)25(21-12-8-6-9-13-21)22-14-10-7-11-15-22/h6-15,17,20,25,32H,4-5,16,18-19H2,1-3H3. The van der Waals surface area contributed by atoms with Gasteiger partial charge in [0.1, 0.15) is 6.67 Å². The van der Waals surface area contributed by atoms with Crippen LogP contribution in [0.25, 0.3) is 0 Å². The van der Waals surface area contributed by atoms with Crippen LogP contribution in [-0.2, 0) is 6.61 Å². The summed E-state index contributed by atoms with van der Waals surface area (Å²) in [5, 5.41) is 12.3. The second kappa shape index (κ2) is 10.8. The predicted molar refractivity (Wildman–Crippen MR) is 136 cm³/mol. The van der Waals surface area contributed by atoms with E-state index in [-0.39, 0.29) is 42.7 Å². The zero-order chi connectivity index (χ0) is 24.9. The number of pyridine rings is 1. The molecule has 3 aromatic rings. The van der Waals surface area contributed by atoms with Gasteiger partial charge in [-0.2, -0.15) is 0 Å². The van der Waals surface area contributed by atoms with Gasteiger partial charge in [-0.1, -0.05) is 74.0 Å². The molecule has 0 saturated heterocycles. The number of carbonyl (C=O) groups is 1. The lowest BCUT2D eigenvalue weighted by molar-refractivity contribution is 0.0612. The molecule has 0 bridgehead atoms. The second-order valence-corrected chi connectivity index (χ2v) is 9.02. The first-order valence-corrected chi connectivity index (χ1v) is 12.2. The van der Waals surface area contributed by atoms with E-state index in [0.29, 0.717) is 12.3 Å². The highest BCUT2D eigenvalue weighted by Crippen LogP contribution is 2.34. The summed E-state index contributed by atoms with van der Waals surface area (Å²) in [7, 11) is 0. The van der Waals surface area contributed by atoms with Crippen molar-refractivity contribution in [1.29, 1.82) is 0 Å². The third kappa shape index (κ3) is 4.82. The number of aromatic nitrogens is 1. The van der Waals surface area contributed by atoms with Crippen molar-refractivity contribution in [1.82, 2.24) is 9.58 Å². The van der Waals surface area contributed by atoms with E-state index in [1.54, 1.807) is 9.58 Å². The van der Waals surface area contributed by atoms with Gasteiger partial charge in [-0.3, -0.25) is 14.6 Å². The van der Waals surface area contributed by atoms with Crippen LogP contribution in [0.1, 0.15) is 67.0 Å². The molecule has 0 aliphatic carbocycles. The van der Waals surface area contributed by atoms with Crippen molar-refractivity contribution in [2.75, 3.05) is 18.3 Å². The Morgan fingerprint density at radius 3 is 2.09 bits per heavy atom. The average Bonchev–Trinajstić information content (AvgIpc) is 2.87. The lowest BCUT2D eigenvalue weighted by atomic mass is 9.98. The summed E-state index contributed by atoms with van der Waals surface area (Å²) in [5.74, 6) is -0.245. The number of aliphatic hydroxyl groups excluding tert-OH is 1. The Morgan fingerprint density at radius 2 is 1.57 bits per heavy atom. The number of benzene rings is 2. The minimum absolute atomic E-state index is 0.0378. The minimum Gasteiger partial charge on any atom is -0.487 e. The maximum atomic E-state index is 13.8. The highest BCUT2D eigenvalue weighted by atomic mass is 16.5. The Balaban J connectivity index is 1.99. The molecule has 0 spiro atoms. The molecule has 2 heterocycles. The number of hydrogen-bond acceptors (Lipinski definition) is 5. The van der Waals surface area contributed by atoms with Crippen LogP contribution in [0.3, 0.4) is 0 Å². The molecule has 7 heteroatoms. The number of ether oxygens (including phenoxy) is 1. The molecule has 0 fully saturated rings. The van der Waals surface area contributed by atoms with Crippen LogP contribution in [0.4, 0.5) is 0 Å². The zero-order valence-corrected chi connectivity index (χ0v) is 20.6. The molecule has 2 aromatic carbocycles. The van der Waals surface area contributed by atoms with E-state index in [4.69, 9.17) is 4.74 Å². The summed E-state index contributed by atoms with van der Waals surface area (Å²) in [6.07, 6.45) is 1.67. The van der Waals surface area contributed by atoms with Gasteiger partial charge in [0.05, 0.1) is 24.9 Å². The van der Waals surface area contributed by atoms with Crippen molar-refractivity contribution < 1.29 is 14.6 Å². The molecular formula is C28H33N3O4. The Morgan fingerprint density at radius 1 is 0.971 bits per heavy atom. The van der Waals surface area contributed by atoms with Gasteiger partial charge in [0.25, 0.3) is 5.91 Å². The molecule has 184 valence electrons. The lowest BCUT2D eigenvalue weighted by Gasteiger charge is -2.46. The molecule has 0 saturated carbocycles. The predicted octanol–water partition coefficient (Wildman–Crippen LogP) is 4.07. The molecular weight excluding hydrogens is 442 g/mol. The van der Waals surface area contributed by atoms with E-state index < -0.39 is 5.43 Å². The van der Waals surface area contributed by atoms with Crippen LogP contribution in [0.5, 0.6) is 5.75 Å². The third-order valence-electron chi connectivity index (χ3n) is 6.30. The molecule has 1 amide bonds. The summed E-state index contributed by atoms with van der Waals surface area (Å²) in [5.41, 5.74) is 2.17. The van der Waals surface area contributed by atoms with E-state index in [9.17, 15) is 14.7 Å². The Kier molecular flexibility index (Phi) is 7.56. The van der Waals surface area contributed by atoms with Gasteiger partial charge in [0.2, 0.25) is 5.43 Å². The number of carbonyl (C=O) groups excluding carboxylic acids is 1. The molecule has 4 rings (SSSR count). The molecule has 0 radical (unpaired) electrons. The highest BCUT2D eigenvalue weighted by Gasteiger charge is 2.39. The first kappa shape index (κ1) is 24.5. The van der Waals surface area contributed by atoms with Crippen LogP contribution in [-0.4, -0.2) is 39.9 Å². The molecule has 1 aliphatic rings. The number of rotatable bonds is 9. The first-order chi connectivity index (χ1) is 17.0. The van der Waals surface area contributed by atoms with Gasteiger partial charge in [-0.15, -0.1) is 0 Å². The number of aliphatic hydroxyl groups is 1. The average molecular weight is 476 g/mol. The quantitative estimate of drug-likeness (QED) is 0.472. The normalized spacial score (nSPS) is 13.5. The number of amides is 1. The number of hydrogen-bond donors (Lipinski definition) is 1. The number of nitrogens with zero attached hydrogens (tertiary/aromatic N) is 3. The molecule has 1 N–H and O–H groups in total. The van der Waals surface area contributed by atoms with Crippen LogP contribution in [0.15, 0.2) is 71.5 Å². The fraction of sp³-hybridized carbons (Fsp3) is 0.357. The van der Waals surface area contributed by atoms with Crippen molar-refractivity contribution in [3.8, 4) is 5.75 Å². The van der Waals surface area contributed by atoms with Crippen molar-refractivity contribution in [2.45, 2.75) is 52.3 Å². The van der Waals surface area contributed by atoms with Crippen LogP contribution < -0.4 is 15.2 Å². The van der Waals surface area contributed by atoms with Crippen molar-refractivity contribution in [2.24, 2.45) is 0 Å². The van der Waals surface area contributed by atoms with E-state index in [1.807, 2.05) is 86.4 Å². The van der Waals surface area contributed by atoms with Crippen molar-refractivity contribution in [3.63, 3.8) is 0 Å². The van der Waals surface area contributed by atoms with E-state index in [0.717, 1.165) is 24.0 Å². The SMILES string of the molecule is CCCCOc1c2n(c(CO)cc1=O)N(C(c1ccccc1)c1ccccc1)CN(C(C)C)C2=O. The fourth-order valence-corrected chi connectivity index (χ4v) is 4.51. The largest absolute Gasteiger partial charge is 0.487 e. The third-order valence-corrected chi connectivity index (χ3v) is 6.30. The van der Waals surface area contributed by atoms with Gasteiger partial charge < -0.3 is 14.7 Å². The van der Waals surface area contributed by atoms with Gasteiger partial charge >= 0.3 is 0 Å². The van der Waals surface area contributed by atoms with E-state index >= 15 is 0 Å². The highest BCUT2D eigenvalue weighted by molar-refractivity contribution is 5.96. The molecule has 0 unspecified atom stereocenters. The van der Waals surface area contributed by atoms with E-state index in [2.05, 4.69) is 0 Å². The summed E-state index contributed by atoms with van der Waals surface area (Å²) in [4.78, 5) is 28.6. The van der Waals surface area contributed by atoms with Gasteiger partial charge in [0, 0.05) is 12.1 Å². The number of fused-ring (bicyclic) bond motifs is 1. The van der Waals surface area contributed by atoms with E-state index in [1.165, 1.54) is 6.07 Å². The second-order valence-electron chi connectivity index (χ2n) is 9.02. The smallest absolute Gasteiger partial charge is 0.278 e. The maximum Gasteiger partial charge on any atom is 0.278 e.